The van der Waals surface area contributed by atoms with E-state index in [-0.39, 0.29) is 5.41 Å². The van der Waals surface area contributed by atoms with E-state index in [9.17, 15) is 0 Å². The third-order valence-corrected chi connectivity index (χ3v) is 13.6. The first kappa shape index (κ1) is 36.4. The number of aromatic nitrogens is 4. The van der Waals surface area contributed by atoms with E-state index >= 15 is 0 Å². The van der Waals surface area contributed by atoms with Gasteiger partial charge in [0.2, 0.25) is 0 Å². The second kappa shape index (κ2) is 13.9. The third-order valence-electron chi connectivity index (χ3n) is 13.6. The Labute approximate surface area is 370 Å². The zero-order valence-electron chi connectivity index (χ0n) is 35.4. The normalized spacial score (nSPS) is 13.0. The molecule has 0 bridgehead atoms. The molecule has 2 heterocycles. The minimum Gasteiger partial charge on any atom is -0.309 e. The summed E-state index contributed by atoms with van der Waals surface area (Å²) in [4.78, 5) is 15.8. The van der Waals surface area contributed by atoms with Gasteiger partial charge in [0.15, 0.2) is 17.5 Å². The van der Waals surface area contributed by atoms with Gasteiger partial charge in [0, 0.05) is 38.6 Å². The molecule has 0 unspecified atom stereocenters. The number of hydrogen-bond donors (Lipinski definition) is 0. The molecule has 4 heteroatoms. The predicted octanol–water partition coefficient (Wildman–Crippen LogP) is 15.4. The summed E-state index contributed by atoms with van der Waals surface area (Å²) in [7, 11) is 0. The van der Waals surface area contributed by atoms with Crippen LogP contribution in [0.2, 0.25) is 0 Å². The second-order valence-corrected chi connectivity index (χ2v) is 17.6. The molecule has 0 saturated heterocycles. The topological polar surface area (TPSA) is 43.6 Å². The Balaban J connectivity index is 0.996. The van der Waals surface area contributed by atoms with Crippen molar-refractivity contribution in [2.75, 3.05) is 0 Å². The maximum absolute atomic E-state index is 5.34. The first-order valence-corrected chi connectivity index (χ1v) is 22.0. The molecule has 0 saturated carbocycles. The molecule has 0 radical (unpaired) electrons. The van der Waals surface area contributed by atoms with Gasteiger partial charge in [0.05, 0.1) is 11.0 Å². The average molecular weight is 817 g/mol. The van der Waals surface area contributed by atoms with Crippen LogP contribution in [0.4, 0.5) is 0 Å². The van der Waals surface area contributed by atoms with Gasteiger partial charge in [0.1, 0.15) is 0 Å². The monoisotopic (exact) mass is 816 g/mol. The van der Waals surface area contributed by atoms with E-state index in [0.717, 1.165) is 22.4 Å². The fourth-order valence-electron chi connectivity index (χ4n) is 10.6. The van der Waals surface area contributed by atoms with Gasteiger partial charge in [-0.05, 0) is 108 Å². The van der Waals surface area contributed by atoms with Crippen LogP contribution in [-0.4, -0.2) is 19.5 Å². The largest absolute Gasteiger partial charge is 0.309 e. The van der Waals surface area contributed by atoms with Crippen LogP contribution >= 0.6 is 0 Å². The maximum atomic E-state index is 5.34. The van der Waals surface area contributed by atoms with E-state index in [0.29, 0.717) is 17.5 Å². The van der Waals surface area contributed by atoms with E-state index < -0.39 is 0 Å². The van der Waals surface area contributed by atoms with Crippen LogP contribution in [0, 0.1) is 0 Å². The summed E-state index contributed by atoms with van der Waals surface area (Å²) in [6, 6.07) is 74.4. The molecule has 0 aliphatic heterocycles. The summed E-state index contributed by atoms with van der Waals surface area (Å²) in [5.74, 6) is 1.97. The number of rotatable bonds is 5. The van der Waals surface area contributed by atoms with E-state index in [1.807, 2.05) is 18.2 Å². The van der Waals surface area contributed by atoms with Gasteiger partial charge >= 0.3 is 0 Å². The summed E-state index contributed by atoms with van der Waals surface area (Å²) in [6.45, 7) is 4.62. The highest BCUT2D eigenvalue weighted by Gasteiger charge is 2.37. The molecule has 12 aromatic rings. The SMILES string of the molecule is CC1(C)c2ccccc2-c2c(-c3nc(-c4ccccc4)nc(-c4ccc5c6ccccc6c6cc(-c7ccc8c(c7)c7ccccc7n8-c7ccccc7)ccc6c5c4)n3)cccc21. The van der Waals surface area contributed by atoms with Crippen molar-refractivity contribution < 1.29 is 0 Å². The minimum absolute atomic E-state index is 0.141. The molecule has 0 fully saturated rings. The Morgan fingerprint density at radius 1 is 0.328 bits per heavy atom. The molecule has 1 aliphatic carbocycles. The zero-order valence-corrected chi connectivity index (χ0v) is 35.4. The number of para-hydroxylation sites is 2. The quantitative estimate of drug-likeness (QED) is 0.163. The molecule has 0 amide bonds. The third kappa shape index (κ3) is 5.45. The number of fused-ring (bicyclic) bond motifs is 12. The van der Waals surface area contributed by atoms with E-state index in [2.05, 4.69) is 206 Å². The maximum Gasteiger partial charge on any atom is 0.164 e. The standard InChI is InChI=1S/C60H40N4/c1-60(2)52-25-13-11-23-47(52)56-48(24-15-26-53(56)60)59-62-57(37-16-5-3-6-17-37)61-58(63-59)40-29-32-44-42-20-9-10-21-43(42)49-34-38(28-31-45(49)50(44)36-40)39-30-33-55-51(35-39)46-22-12-14-27-54(46)64(55)41-18-7-4-8-19-41/h3-36H,1-2H3. The number of benzene rings is 10. The van der Waals surface area contributed by atoms with Crippen LogP contribution in [0.25, 0.3) is 116 Å². The first-order chi connectivity index (χ1) is 31.5. The lowest BCUT2D eigenvalue weighted by Gasteiger charge is -2.21. The van der Waals surface area contributed by atoms with Crippen LogP contribution in [0.5, 0.6) is 0 Å². The molecule has 4 nitrogen and oxygen atoms in total. The van der Waals surface area contributed by atoms with Crippen LogP contribution < -0.4 is 0 Å². The van der Waals surface area contributed by atoms with Crippen molar-refractivity contribution in [3.05, 3.63) is 217 Å². The highest BCUT2D eigenvalue weighted by Crippen LogP contribution is 2.52. The lowest BCUT2D eigenvalue weighted by Crippen LogP contribution is -2.14. The Morgan fingerprint density at radius 3 is 1.61 bits per heavy atom. The summed E-state index contributed by atoms with van der Waals surface area (Å²) in [5.41, 5.74) is 13.8. The molecule has 0 spiro atoms. The smallest absolute Gasteiger partial charge is 0.164 e. The van der Waals surface area contributed by atoms with Crippen LogP contribution in [0.3, 0.4) is 0 Å². The van der Waals surface area contributed by atoms with E-state index in [4.69, 9.17) is 15.0 Å². The molecule has 13 rings (SSSR count). The van der Waals surface area contributed by atoms with Gasteiger partial charge in [-0.3, -0.25) is 0 Å². The lowest BCUT2D eigenvalue weighted by atomic mass is 9.82. The Morgan fingerprint density at radius 2 is 0.828 bits per heavy atom. The fourth-order valence-corrected chi connectivity index (χ4v) is 10.6. The van der Waals surface area contributed by atoms with Crippen molar-refractivity contribution in [3.8, 4) is 62.1 Å². The molecule has 10 aromatic carbocycles. The second-order valence-electron chi connectivity index (χ2n) is 17.6. The minimum atomic E-state index is -0.141. The predicted molar refractivity (Wildman–Crippen MR) is 266 cm³/mol. The summed E-state index contributed by atoms with van der Waals surface area (Å²) in [5, 5.41) is 9.71. The van der Waals surface area contributed by atoms with E-state index in [1.165, 1.54) is 87.5 Å². The van der Waals surface area contributed by atoms with Crippen molar-refractivity contribution in [1.82, 2.24) is 19.5 Å². The number of nitrogens with zero attached hydrogens (tertiary/aromatic N) is 4. The Bertz CT molecular complexity index is 3860. The van der Waals surface area contributed by atoms with Crippen molar-refractivity contribution >= 4 is 54.1 Å². The van der Waals surface area contributed by atoms with Crippen LogP contribution in [0.15, 0.2) is 206 Å². The van der Waals surface area contributed by atoms with Crippen molar-refractivity contribution in [3.63, 3.8) is 0 Å². The molecular formula is C60H40N4. The van der Waals surface area contributed by atoms with Crippen LogP contribution in [0.1, 0.15) is 25.0 Å². The molecule has 1 aliphatic rings. The van der Waals surface area contributed by atoms with Gasteiger partial charge in [0.25, 0.3) is 0 Å². The van der Waals surface area contributed by atoms with Gasteiger partial charge in [-0.1, -0.05) is 178 Å². The lowest BCUT2D eigenvalue weighted by molar-refractivity contribution is 0.660. The van der Waals surface area contributed by atoms with Gasteiger partial charge in [-0.15, -0.1) is 0 Å². The summed E-state index contributed by atoms with van der Waals surface area (Å²) in [6.07, 6.45) is 0. The van der Waals surface area contributed by atoms with Crippen molar-refractivity contribution in [1.29, 1.82) is 0 Å². The van der Waals surface area contributed by atoms with Crippen LogP contribution in [-0.2, 0) is 5.41 Å². The highest BCUT2D eigenvalue weighted by atomic mass is 15.0. The van der Waals surface area contributed by atoms with Gasteiger partial charge in [-0.2, -0.15) is 0 Å². The molecule has 0 N–H and O–H groups in total. The molecule has 300 valence electrons. The zero-order chi connectivity index (χ0) is 42.5. The van der Waals surface area contributed by atoms with Crippen molar-refractivity contribution in [2.24, 2.45) is 0 Å². The van der Waals surface area contributed by atoms with E-state index in [1.54, 1.807) is 0 Å². The Hall–Kier alpha value is -8.21. The molecule has 64 heavy (non-hydrogen) atoms. The number of hydrogen-bond acceptors (Lipinski definition) is 3. The Kier molecular flexibility index (Phi) is 7.92. The average Bonchev–Trinajstić information content (AvgIpc) is 3.82. The molecule has 0 atom stereocenters. The molecule has 2 aromatic heterocycles. The summed E-state index contributed by atoms with van der Waals surface area (Å²) < 4.78 is 2.37. The highest BCUT2D eigenvalue weighted by molar-refractivity contribution is 6.26. The van der Waals surface area contributed by atoms with Gasteiger partial charge in [-0.25, -0.2) is 15.0 Å². The fraction of sp³-hybridized carbons (Fsp3) is 0.0500. The first-order valence-electron chi connectivity index (χ1n) is 22.0. The van der Waals surface area contributed by atoms with Crippen molar-refractivity contribution in [2.45, 2.75) is 19.3 Å². The molecular weight excluding hydrogens is 777 g/mol. The van der Waals surface area contributed by atoms with Gasteiger partial charge < -0.3 is 4.57 Å². The summed E-state index contributed by atoms with van der Waals surface area (Å²) >= 11 is 0.